The van der Waals surface area contributed by atoms with Gasteiger partial charge in [-0.3, -0.25) is 9.59 Å². The molecule has 2 aliphatic heterocycles. The van der Waals surface area contributed by atoms with Crippen molar-refractivity contribution in [2.75, 3.05) is 25.0 Å². The van der Waals surface area contributed by atoms with E-state index in [1.165, 1.54) is 11.1 Å². The van der Waals surface area contributed by atoms with E-state index in [-0.39, 0.29) is 23.7 Å². The van der Waals surface area contributed by atoms with E-state index < -0.39 is 0 Å². The normalized spacial score (nSPS) is 19.7. The maximum atomic E-state index is 12.8. The number of nitrogens with zero attached hydrogens (tertiary/aromatic N) is 2. The molecular weight excluding hydrogens is 354 g/mol. The van der Waals surface area contributed by atoms with Gasteiger partial charge in [0.15, 0.2) is 0 Å². The van der Waals surface area contributed by atoms with E-state index in [4.69, 9.17) is 4.74 Å². The minimum absolute atomic E-state index is 0.0135. The van der Waals surface area contributed by atoms with Crippen LogP contribution in [0.25, 0.3) is 0 Å². The number of likely N-dealkylation sites (tertiary alicyclic amines) is 1. The Morgan fingerprint density at radius 1 is 1.11 bits per heavy atom. The summed E-state index contributed by atoms with van der Waals surface area (Å²) < 4.78 is 5.67. The van der Waals surface area contributed by atoms with E-state index in [1.54, 1.807) is 12.3 Å². The van der Waals surface area contributed by atoms with Gasteiger partial charge in [0.1, 0.15) is 5.82 Å². The highest BCUT2D eigenvalue weighted by Crippen LogP contribution is 2.30. The lowest BCUT2D eigenvalue weighted by Crippen LogP contribution is -2.42. The standard InChI is InChI=1S/C22H25N3O3/c26-21(13-18-15-28-14-17-5-1-2-6-19(17)18)25-11-8-16(9-12-25)22(27)24-20-7-3-4-10-23-20/h1-7,10,16,18H,8-9,11-15H2,(H,23,24,27). The highest BCUT2D eigenvalue weighted by atomic mass is 16.5. The zero-order chi connectivity index (χ0) is 19.3. The number of hydrogen-bond acceptors (Lipinski definition) is 4. The summed E-state index contributed by atoms with van der Waals surface area (Å²) in [5.41, 5.74) is 2.41. The summed E-state index contributed by atoms with van der Waals surface area (Å²) in [7, 11) is 0. The maximum Gasteiger partial charge on any atom is 0.228 e. The Balaban J connectivity index is 1.29. The third-order valence-corrected chi connectivity index (χ3v) is 5.63. The van der Waals surface area contributed by atoms with Gasteiger partial charge in [-0.1, -0.05) is 30.3 Å². The van der Waals surface area contributed by atoms with Gasteiger partial charge in [-0.05, 0) is 36.1 Å². The minimum Gasteiger partial charge on any atom is -0.376 e. The SMILES string of the molecule is O=C(Nc1ccccn1)C1CCN(C(=O)CC2COCc3ccccc32)CC1. The zero-order valence-corrected chi connectivity index (χ0v) is 15.8. The third-order valence-electron chi connectivity index (χ3n) is 5.63. The number of piperidine rings is 1. The molecule has 0 spiro atoms. The van der Waals surface area contributed by atoms with Gasteiger partial charge in [0.25, 0.3) is 0 Å². The molecule has 1 atom stereocenters. The summed E-state index contributed by atoms with van der Waals surface area (Å²) in [6, 6.07) is 13.6. The number of fused-ring (bicyclic) bond motifs is 1. The van der Waals surface area contributed by atoms with Gasteiger partial charge in [0, 0.05) is 37.5 Å². The summed E-state index contributed by atoms with van der Waals surface area (Å²) in [6.07, 6.45) is 3.48. The fourth-order valence-corrected chi connectivity index (χ4v) is 4.03. The fraction of sp³-hybridized carbons (Fsp3) is 0.409. The first-order valence-electron chi connectivity index (χ1n) is 9.86. The number of nitrogens with one attached hydrogen (secondary N) is 1. The first-order chi connectivity index (χ1) is 13.7. The van der Waals surface area contributed by atoms with Gasteiger partial charge in [0.2, 0.25) is 11.8 Å². The second-order valence-corrected chi connectivity index (χ2v) is 7.47. The molecule has 2 aliphatic rings. The second-order valence-electron chi connectivity index (χ2n) is 7.47. The van der Waals surface area contributed by atoms with Gasteiger partial charge in [-0.15, -0.1) is 0 Å². The Bertz CT molecular complexity index is 832. The number of benzene rings is 1. The summed E-state index contributed by atoms with van der Waals surface area (Å²) in [4.78, 5) is 31.3. The van der Waals surface area contributed by atoms with Crippen LogP contribution in [0.1, 0.15) is 36.3 Å². The molecule has 1 aromatic carbocycles. The zero-order valence-electron chi connectivity index (χ0n) is 15.8. The van der Waals surface area contributed by atoms with Gasteiger partial charge in [-0.25, -0.2) is 4.98 Å². The average Bonchev–Trinajstić information content (AvgIpc) is 2.75. The molecule has 1 aromatic heterocycles. The van der Waals surface area contributed by atoms with Crippen LogP contribution < -0.4 is 5.32 Å². The lowest BCUT2D eigenvalue weighted by Gasteiger charge is -2.33. The van der Waals surface area contributed by atoms with Crippen molar-refractivity contribution in [2.24, 2.45) is 5.92 Å². The number of pyridine rings is 1. The molecular formula is C22H25N3O3. The van der Waals surface area contributed by atoms with Crippen molar-refractivity contribution >= 4 is 17.6 Å². The number of carbonyl (C=O) groups excluding carboxylic acids is 2. The van der Waals surface area contributed by atoms with Crippen molar-refractivity contribution in [3.63, 3.8) is 0 Å². The number of amides is 2. The van der Waals surface area contributed by atoms with E-state index >= 15 is 0 Å². The van der Waals surface area contributed by atoms with Crippen LogP contribution in [0.3, 0.4) is 0 Å². The van der Waals surface area contributed by atoms with Gasteiger partial charge < -0.3 is 15.0 Å². The summed E-state index contributed by atoms with van der Waals surface area (Å²) in [6.45, 7) is 2.45. The number of carbonyl (C=O) groups is 2. The topological polar surface area (TPSA) is 71.5 Å². The molecule has 0 radical (unpaired) electrons. The van der Waals surface area contributed by atoms with E-state index in [1.807, 2.05) is 29.2 Å². The number of hydrogen-bond donors (Lipinski definition) is 1. The second kappa shape index (κ2) is 8.52. The number of anilines is 1. The molecule has 4 rings (SSSR count). The lowest BCUT2D eigenvalue weighted by molar-refractivity contribution is -0.135. The number of ether oxygens (including phenoxy) is 1. The number of rotatable bonds is 4. The van der Waals surface area contributed by atoms with Crippen molar-refractivity contribution in [3.8, 4) is 0 Å². The predicted molar refractivity (Wildman–Crippen MR) is 106 cm³/mol. The maximum absolute atomic E-state index is 12.8. The highest BCUT2D eigenvalue weighted by Gasteiger charge is 2.30. The molecule has 6 heteroatoms. The predicted octanol–water partition coefficient (Wildman–Crippen LogP) is 2.96. The molecule has 1 saturated heterocycles. The minimum atomic E-state index is -0.0789. The van der Waals surface area contributed by atoms with E-state index in [9.17, 15) is 9.59 Å². The van der Waals surface area contributed by atoms with Crippen LogP contribution in [0.15, 0.2) is 48.7 Å². The molecule has 28 heavy (non-hydrogen) atoms. The van der Waals surface area contributed by atoms with Crippen molar-refractivity contribution in [2.45, 2.75) is 31.8 Å². The van der Waals surface area contributed by atoms with E-state index in [0.29, 0.717) is 51.4 Å². The first-order valence-corrected chi connectivity index (χ1v) is 9.86. The van der Waals surface area contributed by atoms with Crippen molar-refractivity contribution in [1.29, 1.82) is 0 Å². The van der Waals surface area contributed by atoms with Crippen LogP contribution in [-0.2, 0) is 20.9 Å². The molecule has 2 amide bonds. The number of aromatic nitrogens is 1. The molecule has 1 unspecified atom stereocenters. The van der Waals surface area contributed by atoms with Crippen LogP contribution in [0.4, 0.5) is 5.82 Å². The summed E-state index contributed by atoms with van der Waals surface area (Å²) >= 11 is 0. The largest absolute Gasteiger partial charge is 0.376 e. The molecule has 3 heterocycles. The summed E-state index contributed by atoms with van der Waals surface area (Å²) in [5.74, 6) is 0.740. The molecule has 0 bridgehead atoms. The van der Waals surface area contributed by atoms with Crippen LogP contribution in [0.2, 0.25) is 0 Å². The molecule has 1 fully saturated rings. The quantitative estimate of drug-likeness (QED) is 0.887. The Kier molecular flexibility index (Phi) is 5.67. The first kappa shape index (κ1) is 18.6. The molecule has 146 valence electrons. The lowest BCUT2D eigenvalue weighted by atomic mass is 9.89. The smallest absolute Gasteiger partial charge is 0.228 e. The van der Waals surface area contributed by atoms with Gasteiger partial charge >= 0.3 is 0 Å². The molecule has 0 saturated carbocycles. The van der Waals surface area contributed by atoms with Crippen LogP contribution in [0, 0.1) is 5.92 Å². The average molecular weight is 379 g/mol. The van der Waals surface area contributed by atoms with Crippen molar-refractivity contribution in [1.82, 2.24) is 9.88 Å². The van der Waals surface area contributed by atoms with Crippen LogP contribution in [0.5, 0.6) is 0 Å². The van der Waals surface area contributed by atoms with Gasteiger partial charge in [0.05, 0.1) is 13.2 Å². The molecule has 2 aromatic rings. The highest BCUT2D eigenvalue weighted by molar-refractivity contribution is 5.91. The Morgan fingerprint density at radius 3 is 2.68 bits per heavy atom. The van der Waals surface area contributed by atoms with Crippen molar-refractivity contribution < 1.29 is 14.3 Å². The van der Waals surface area contributed by atoms with Crippen LogP contribution >= 0.6 is 0 Å². The van der Waals surface area contributed by atoms with E-state index in [0.717, 1.165) is 0 Å². The van der Waals surface area contributed by atoms with E-state index in [2.05, 4.69) is 22.4 Å². The molecule has 0 aliphatic carbocycles. The van der Waals surface area contributed by atoms with Crippen molar-refractivity contribution in [3.05, 3.63) is 59.8 Å². The Morgan fingerprint density at radius 2 is 1.89 bits per heavy atom. The fourth-order valence-electron chi connectivity index (χ4n) is 4.03. The Hall–Kier alpha value is -2.73. The molecule has 1 N–H and O–H groups in total. The third kappa shape index (κ3) is 4.22. The summed E-state index contributed by atoms with van der Waals surface area (Å²) in [5, 5.41) is 2.86. The molecule has 6 nitrogen and oxygen atoms in total. The Labute approximate surface area is 164 Å². The van der Waals surface area contributed by atoms with Crippen LogP contribution in [-0.4, -0.2) is 41.4 Å². The monoisotopic (exact) mass is 379 g/mol. The van der Waals surface area contributed by atoms with Gasteiger partial charge in [-0.2, -0.15) is 0 Å².